The van der Waals surface area contributed by atoms with Crippen molar-refractivity contribution in [2.45, 2.75) is 20.8 Å². The third-order valence-corrected chi connectivity index (χ3v) is 2.19. The summed E-state index contributed by atoms with van der Waals surface area (Å²) >= 11 is 0. The zero-order chi connectivity index (χ0) is 13.1. The molecule has 6 nitrogen and oxygen atoms in total. The molecule has 1 unspecified atom stereocenters. The Kier molecular flexibility index (Phi) is 3.77. The standard InChI is InChI=1S/C11H15N3O3/c1-11(2,3)8(10(16)17)9(15)14-7-6-12-4-5-13-7/h4-6,8H,1-3H3,(H,16,17)(H,13,14,15). The lowest BCUT2D eigenvalue weighted by atomic mass is 9.80. The van der Waals surface area contributed by atoms with Crippen LogP contribution in [0.5, 0.6) is 0 Å². The zero-order valence-corrected chi connectivity index (χ0v) is 9.97. The van der Waals surface area contributed by atoms with Gasteiger partial charge < -0.3 is 10.4 Å². The maximum atomic E-state index is 11.8. The lowest BCUT2D eigenvalue weighted by Crippen LogP contribution is -2.39. The Morgan fingerprint density at radius 2 is 2.00 bits per heavy atom. The van der Waals surface area contributed by atoms with Gasteiger partial charge in [0.15, 0.2) is 5.82 Å². The number of rotatable bonds is 3. The van der Waals surface area contributed by atoms with Gasteiger partial charge in [-0.2, -0.15) is 0 Å². The SMILES string of the molecule is CC(C)(C)C(C(=O)O)C(=O)Nc1cnccn1. The summed E-state index contributed by atoms with van der Waals surface area (Å²) in [6, 6.07) is 0. The predicted octanol–water partition coefficient (Wildman–Crippen LogP) is 1.16. The van der Waals surface area contributed by atoms with Crippen LogP contribution in [-0.4, -0.2) is 27.0 Å². The van der Waals surface area contributed by atoms with E-state index in [2.05, 4.69) is 15.3 Å². The van der Waals surface area contributed by atoms with Crippen molar-refractivity contribution < 1.29 is 14.7 Å². The molecule has 1 atom stereocenters. The van der Waals surface area contributed by atoms with E-state index in [4.69, 9.17) is 5.11 Å². The number of carbonyl (C=O) groups excluding carboxylic acids is 1. The first kappa shape index (κ1) is 13.1. The summed E-state index contributed by atoms with van der Waals surface area (Å²) in [6.07, 6.45) is 4.25. The van der Waals surface area contributed by atoms with Gasteiger partial charge in [-0.15, -0.1) is 0 Å². The van der Waals surface area contributed by atoms with Crippen LogP contribution >= 0.6 is 0 Å². The minimum atomic E-state index is -1.15. The molecule has 0 aliphatic carbocycles. The van der Waals surface area contributed by atoms with Crippen molar-refractivity contribution in [2.75, 3.05) is 5.32 Å². The first-order valence-corrected chi connectivity index (χ1v) is 5.12. The van der Waals surface area contributed by atoms with E-state index in [-0.39, 0.29) is 5.82 Å². The lowest BCUT2D eigenvalue weighted by Gasteiger charge is -2.25. The number of hydrogen-bond donors (Lipinski definition) is 2. The molecule has 0 fully saturated rings. The van der Waals surface area contributed by atoms with Gasteiger partial charge in [-0.25, -0.2) is 4.98 Å². The fourth-order valence-electron chi connectivity index (χ4n) is 1.44. The van der Waals surface area contributed by atoms with E-state index >= 15 is 0 Å². The predicted molar refractivity (Wildman–Crippen MR) is 61.2 cm³/mol. The topological polar surface area (TPSA) is 92.2 Å². The van der Waals surface area contributed by atoms with Crippen LogP contribution in [0.15, 0.2) is 18.6 Å². The van der Waals surface area contributed by atoms with Crippen LogP contribution in [0.25, 0.3) is 0 Å². The highest BCUT2D eigenvalue weighted by Crippen LogP contribution is 2.27. The molecule has 17 heavy (non-hydrogen) atoms. The maximum absolute atomic E-state index is 11.8. The number of carboxylic acid groups (broad SMARTS) is 1. The Morgan fingerprint density at radius 3 is 2.41 bits per heavy atom. The highest BCUT2D eigenvalue weighted by molar-refractivity contribution is 6.04. The molecule has 0 saturated heterocycles. The zero-order valence-electron chi connectivity index (χ0n) is 9.97. The Bertz CT molecular complexity index is 412. The first-order valence-electron chi connectivity index (χ1n) is 5.12. The second-order valence-corrected chi connectivity index (χ2v) is 4.72. The molecule has 1 amide bonds. The molecule has 0 aliphatic rings. The quantitative estimate of drug-likeness (QED) is 0.769. The van der Waals surface area contributed by atoms with Crippen molar-refractivity contribution in [3.8, 4) is 0 Å². The number of nitrogens with zero attached hydrogens (tertiary/aromatic N) is 2. The maximum Gasteiger partial charge on any atom is 0.316 e. The van der Waals surface area contributed by atoms with Crippen LogP contribution in [0.3, 0.4) is 0 Å². The number of nitrogens with one attached hydrogen (secondary N) is 1. The molecule has 1 rings (SSSR count). The van der Waals surface area contributed by atoms with Gasteiger partial charge in [-0.1, -0.05) is 20.8 Å². The summed E-state index contributed by atoms with van der Waals surface area (Å²) in [5, 5.41) is 11.5. The fourth-order valence-corrected chi connectivity index (χ4v) is 1.44. The van der Waals surface area contributed by atoms with E-state index in [0.29, 0.717) is 0 Å². The highest BCUT2D eigenvalue weighted by atomic mass is 16.4. The van der Waals surface area contributed by atoms with Crippen LogP contribution in [0.1, 0.15) is 20.8 Å². The highest BCUT2D eigenvalue weighted by Gasteiger charge is 2.37. The van der Waals surface area contributed by atoms with Gasteiger partial charge in [0.2, 0.25) is 5.91 Å². The first-order chi connectivity index (χ1) is 7.82. The lowest BCUT2D eigenvalue weighted by molar-refractivity contribution is -0.149. The molecule has 0 aliphatic heterocycles. The summed E-state index contributed by atoms with van der Waals surface area (Å²) < 4.78 is 0. The second kappa shape index (κ2) is 4.90. The van der Waals surface area contributed by atoms with Crippen molar-refractivity contribution in [1.82, 2.24) is 9.97 Å². The molecule has 0 bridgehead atoms. The average molecular weight is 237 g/mol. The average Bonchev–Trinajstić information content (AvgIpc) is 2.15. The number of aromatic nitrogens is 2. The van der Waals surface area contributed by atoms with E-state index in [1.165, 1.54) is 18.6 Å². The van der Waals surface area contributed by atoms with Crippen LogP contribution in [0, 0.1) is 11.3 Å². The summed E-state index contributed by atoms with van der Waals surface area (Å²) in [5.74, 6) is -2.64. The van der Waals surface area contributed by atoms with E-state index in [9.17, 15) is 9.59 Å². The Morgan fingerprint density at radius 1 is 1.35 bits per heavy atom. The summed E-state index contributed by atoms with van der Waals surface area (Å²) in [5.41, 5.74) is -0.669. The third kappa shape index (κ3) is 3.51. The molecule has 1 heterocycles. The molecular formula is C11H15N3O3. The molecule has 0 saturated carbocycles. The number of hydrogen-bond acceptors (Lipinski definition) is 4. The molecule has 6 heteroatoms. The minimum absolute atomic E-state index is 0.244. The number of aliphatic carboxylic acids is 1. The fraction of sp³-hybridized carbons (Fsp3) is 0.455. The van der Waals surface area contributed by atoms with Crippen LogP contribution in [-0.2, 0) is 9.59 Å². The normalized spacial score (nSPS) is 12.9. The monoisotopic (exact) mass is 237 g/mol. The van der Waals surface area contributed by atoms with Gasteiger partial charge in [0, 0.05) is 12.4 Å². The van der Waals surface area contributed by atoms with Crippen molar-refractivity contribution in [2.24, 2.45) is 11.3 Å². The molecule has 92 valence electrons. The van der Waals surface area contributed by atoms with Crippen molar-refractivity contribution in [3.05, 3.63) is 18.6 Å². The molecule has 0 spiro atoms. The number of amides is 1. The van der Waals surface area contributed by atoms with Gasteiger partial charge in [-0.05, 0) is 5.41 Å². The molecule has 1 aromatic heterocycles. The molecular weight excluding hydrogens is 222 g/mol. The van der Waals surface area contributed by atoms with Crippen molar-refractivity contribution >= 4 is 17.7 Å². The number of anilines is 1. The third-order valence-electron chi connectivity index (χ3n) is 2.19. The second-order valence-electron chi connectivity index (χ2n) is 4.72. The van der Waals surface area contributed by atoms with Gasteiger partial charge in [0.05, 0.1) is 6.20 Å². The summed E-state index contributed by atoms with van der Waals surface area (Å²) in [6.45, 7) is 5.09. The number of carbonyl (C=O) groups is 2. The molecule has 0 radical (unpaired) electrons. The van der Waals surface area contributed by atoms with Crippen molar-refractivity contribution in [3.63, 3.8) is 0 Å². The largest absolute Gasteiger partial charge is 0.481 e. The van der Waals surface area contributed by atoms with Crippen molar-refractivity contribution in [1.29, 1.82) is 0 Å². The van der Waals surface area contributed by atoms with Crippen LogP contribution in [0.4, 0.5) is 5.82 Å². The minimum Gasteiger partial charge on any atom is -0.481 e. The summed E-state index contributed by atoms with van der Waals surface area (Å²) in [4.78, 5) is 30.6. The van der Waals surface area contributed by atoms with E-state index in [0.717, 1.165) is 0 Å². The van der Waals surface area contributed by atoms with Crippen LogP contribution in [0.2, 0.25) is 0 Å². The van der Waals surface area contributed by atoms with E-state index in [1.54, 1.807) is 20.8 Å². The Labute approximate surface area is 99.1 Å². The van der Waals surface area contributed by atoms with E-state index < -0.39 is 23.2 Å². The van der Waals surface area contributed by atoms with E-state index in [1.807, 2.05) is 0 Å². The van der Waals surface area contributed by atoms with Gasteiger partial charge in [-0.3, -0.25) is 14.6 Å². The summed E-state index contributed by atoms with van der Waals surface area (Å²) in [7, 11) is 0. The van der Waals surface area contributed by atoms with Crippen LogP contribution < -0.4 is 5.32 Å². The van der Waals surface area contributed by atoms with Gasteiger partial charge in [0.25, 0.3) is 0 Å². The van der Waals surface area contributed by atoms with Gasteiger partial charge >= 0.3 is 5.97 Å². The number of carboxylic acids is 1. The molecule has 0 aromatic carbocycles. The molecule has 2 N–H and O–H groups in total. The smallest absolute Gasteiger partial charge is 0.316 e. The Hall–Kier alpha value is -1.98. The molecule has 1 aromatic rings. The van der Waals surface area contributed by atoms with Gasteiger partial charge in [0.1, 0.15) is 5.92 Å². The Balaban J connectivity index is 2.84.